The third kappa shape index (κ3) is 2.43. The maximum Gasteiger partial charge on any atom is 0.279 e. The van der Waals surface area contributed by atoms with Gasteiger partial charge in [0.1, 0.15) is 0 Å². The summed E-state index contributed by atoms with van der Waals surface area (Å²) >= 11 is 0. The molecule has 3 rings (SSSR count). The molecule has 0 bridgehead atoms. The lowest BCUT2D eigenvalue weighted by Crippen LogP contribution is -2.31. The van der Waals surface area contributed by atoms with E-state index < -0.39 is 0 Å². The van der Waals surface area contributed by atoms with E-state index in [0.717, 1.165) is 11.1 Å². The van der Waals surface area contributed by atoms with Gasteiger partial charge in [0.2, 0.25) is 0 Å². The zero-order chi connectivity index (χ0) is 14.8. The summed E-state index contributed by atoms with van der Waals surface area (Å²) in [5, 5.41) is 10.2. The van der Waals surface area contributed by atoms with Gasteiger partial charge in [0.05, 0.1) is 5.56 Å². The highest BCUT2D eigenvalue weighted by Gasteiger charge is 2.21. The van der Waals surface area contributed by atoms with Crippen LogP contribution < -0.4 is 10.1 Å². The van der Waals surface area contributed by atoms with E-state index in [2.05, 4.69) is 4.98 Å². The largest absolute Gasteiger partial charge is 0.490 e. The molecule has 4 nitrogen and oxygen atoms in total. The van der Waals surface area contributed by atoms with Crippen molar-refractivity contribution in [1.29, 1.82) is 0 Å². The van der Waals surface area contributed by atoms with E-state index in [0.29, 0.717) is 11.3 Å². The molecule has 0 fully saturated rings. The third-order valence-electron chi connectivity index (χ3n) is 3.41. The van der Waals surface area contributed by atoms with Gasteiger partial charge in [0.15, 0.2) is 12.4 Å². The predicted octanol–water partition coefficient (Wildman–Crippen LogP) is 2.33. The molecule has 2 heterocycles. The number of hydrogen-bond acceptors (Lipinski definition) is 2. The van der Waals surface area contributed by atoms with Gasteiger partial charge >= 0.3 is 0 Å². The maximum atomic E-state index is 11.8. The highest BCUT2D eigenvalue weighted by molar-refractivity contribution is 5.74. The monoisotopic (exact) mass is 279 g/mol. The Balaban J connectivity index is 2.35. The first-order valence-electron chi connectivity index (χ1n) is 6.66. The molecule has 3 aromatic rings. The molecule has 0 aliphatic heterocycles. The van der Waals surface area contributed by atoms with Gasteiger partial charge in [-0.3, -0.25) is 9.78 Å². The summed E-state index contributed by atoms with van der Waals surface area (Å²) in [6.07, 6.45) is 3.66. The van der Waals surface area contributed by atoms with E-state index in [1.54, 1.807) is 4.57 Å². The van der Waals surface area contributed by atoms with Crippen molar-refractivity contribution in [2.45, 2.75) is 6.92 Å². The average molecular weight is 279 g/mol. The van der Waals surface area contributed by atoms with Gasteiger partial charge in [-0.05, 0) is 18.1 Å². The number of aromatic amines is 1. The first-order chi connectivity index (χ1) is 10.2. The fraction of sp³-hybridized carbons (Fsp3) is 0.0588. The predicted molar refractivity (Wildman–Crippen MR) is 80.4 cm³/mol. The summed E-state index contributed by atoms with van der Waals surface area (Å²) < 4.78 is 1.78. The number of nitrogens with zero attached hydrogens (tertiary/aromatic N) is 1. The number of nitrogens with one attached hydrogen (secondary N) is 1. The van der Waals surface area contributed by atoms with Crippen LogP contribution in [0.2, 0.25) is 0 Å². The summed E-state index contributed by atoms with van der Waals surface area (Å²) in [5.41, 5.74) is 2.90. The van der Waals surface area contributed by atoms with Crippen molar-refractivity contribution < 1.29 is 9.67 Å². The standard InChI is InChI=1S/C17H14N2O2/c1-12-7-3-4-8-13(12)14-11-15(20)18-17(21)16(14)19-9-5-2-6-10-19/h2-11H,1H3,(H-,18,20,21)/p+1. The van der Waals surface area contributed by atoms with Crippen molar-refractivity contribution in [2.24, 2.45) is 0 Å². The molecular formula is C17H15N2O2+. The van der Waals surface area contributed by atoms with Crippen molar-refractivity contribution in [3.63, 3.8) is 0 Å². The highest BCUT2D eigenvalue weighted by Crippen LogP contribution is 2.29. The molecule has 2 N–H and O–H groups in total. The number of aromatic hydroxyl groups is 1. The number of aromatic nitrogens is 2. The Hall–Kier alpha value is -2.88. The Morgan fingerprint density at radius 3 is 2.43 bits per heavy atom. The second kappa shape index (κ2) is 5.25. The van der Waals surface area contributed by atoms with Crippen LogP contribution in [0.15, 0.2) is 65.7 Å². The molecule has 0 unspecified atom stereocenters. The normalized spacial score (nSPS) is 10.5. The van der Waals surface area contributed by atoms with Crippen LogP contribution in [0.3, 0.4) is 0 Å². The van der Waals surface area contributed by atoms with Gasteiger partial charge in [0, 0.05) is 18.2 Å². The SMILES string of the molecule is Cc1ccccc1-c1cc(=O)[nH]c(O)c1-[n+]1ccccc1. The van der Waals surface area contributed by atoms with E-state index in [1.807, 2.05) is 61.8 Å². The van der Waals surface area contributed by atoms with E-state index in [-0.39, 0.29) is 11.4 Å². The molecule has 0 aliphatic carbocycles. The molecular weight excluding hydrogens is 264 g/mol. The molecule has 104 valence electrons. The Morgan fingerprint density at radius 2 is 1.71 bits per heavy atom. The van der Waals surface area contributed by atoms with Crippen LogP contribution in [0.5, 0.6) is 5.88 Å². The number of H-pyrrole nitrogens is 1. The van der Waals surface area contributed by atoms with Gasteiger partial charge in [-0.15, -0.1) is 0 Å². The molecule has 0 aliphatic rings. The summed E-state index contributed by atoms with van der Waals surface area (Å²) in [5.74, 6) is -0.142. The third-order valence-corrected chi connectivity index (χ3v) is 3.41. The van der Waals surface area contributed by atoms with Crippen molar-refractivity contribution in [1.82, 2.24) is 4.98 Å². The molecule has 21 heavy (non-hydrogen) atoms. The minimum absolute atomic E-state index is 0.142. The molecule has 1 aromatic carbocycles. The Kier molecular flexibility index (Phi) is 3.28. The van der Waals surface area contributed by atoms with Gasteiger partial charge in [-0.1, -0.05) is 30.3 Å². The highest BCUT2D eigenvalue weighted by atomic mass is 16.3. The molecule has 0 atom stereocenters. The van der Waals surface area contributed by atoms with Gasteiger partial charge in [0.25, 0.3) is 17.1 Å². The van der Waals surface area contributed by atoms with Crippen LogP contribution in [0.25, 0.3) is 16.8 Å². The fourth-order valence-corrected chi connectivity index (χ4v) is 2.43. The number of hydrogen-bond donors (Lipinski definition) is 2. The lowest BCUT2D eigenvalue weighted by Gasteiger charge is -2.08. The van der Waals surface area contributed by atoms with Crippen LogP contribution in [-0.4, -0.2) is 10.1 Å². The topological polar surface area (TPSA) is 57.0 Å². The van der Waals surface area contributed by atoms with Crippen molar-refractivity contribution >= 4 is 0 Å². The summed E-state index contributed by atoms with van der Waals surface area (Å²) in [6.45, 7) is 1.98. The van der Waals surface area contributed by atoms with E-state index in [9.17, 15) is 9.90 Å². The van der Waals surface area contributed by atoms with Crippen LogP contribution in [0, 0.1) is 6.92 Å². The van der Waals surface area contributed by atoms with Crippen molar-refractivity contribution in [2.75, 3.05) is 0 Å². The first kappa shape index (κ1) is 13.1. The Labute approximate surface area is 122 Å². The molecule has 0 radical (unpaired) electrons. The van der Waals surface area contributed by atoms with E-state index in [4.69, 9.17) is 0 Å². The Morgan fingerprint density at radius 1 is 1.00 bits per heavy atom. The average Bonchev–Trinajstić information content (AvgIpc) is 2.48. The van der Waals surface area contributed by atoms with E-state index in [1.165, 1.54) is 6.07 Å². The van der Waals surface area contributed by atoms with Crippen LogP contribution in [0.4, 0.5) is 0 Å². The molecule has 0 amide bonds. The zero-order valence-electron chi connectivity index (χ0n) is 11.6. The summed E-state index contributed by atoms with van der Waals surface area (Å²) in [7, 11) is 0. The summed E-state index contributed by atoms with van der Waals surface area (Å²) in [4.78, 5) is 14.2. The number of pyridine rings is 2. The molecule has 4 heteroatoms. The Bertz CT molecular complexity index is 839. The molecule has 0 spiro atoms. The minimum Gasteiger partial charge on any atom is -0.490 e. The minimum atomic E-state index is -0.328. The van der Waals surface area contributed by atoms with Crippen LogP contribution in [0.1, 0.15) is 5.56 Å². The van der Waals surface area contributed by atoms with Crippen molar-refractivity contribution in [3.8, 4) is 22.7 Å². The molecule has 0 saturated heterocycles. The lowest BCUT2D eigenvalue weighted by molar-refractivity contribution is -0.595. The first-order valence-corrected chi connectivity index (χ1v) is 6.66. The number of rotatable bonds is 2. The summed E-state index contributed by atoms with van der Waals surface area (Å²) in [6, 6.07) is 14.9. The second-order valence-electron chi connectivity index (χ2n) is 4.84. The van der Waals surface area contributed by atoms with Crippen LogP contribution >= 0.6 is 0 Å². The van der Waals surface area contributed by atoms with Crippen LogP contribution in [-0.2, 0) is 0 Å². The van der Waals surface area contributed by atoms with Gasteiger partial charge < -0.3 is 5.11 Å². The fourth-order valence-electron chi connectivity index (χ4n) is 2.43. The second-order valence-corrected chi connectivity index (χ2v) is 4.84. The van der Waals surface area contributed by atoms with E-state index >= 15 is 0 Å². The van der Waals surface area contributed by atoms with Gasteiger partial charge in [-0.25, -0.2) is 0 Å². The van der Waals surface area contributed by atoms with Gasteiger partial charge in [-0.2, -0.15) is 4.57 Å². The quantitative estimate of drug-likeness (QED) is 0.707. The van der Waals surface area contributed by atoms with Crippen molar-refractivity contribution in [3.05, 3.63) is 76.8 Å². The number of aryl methyl sites for hydroxylation is 1. The lowest BCUT2D eigenvalue weighted by atomic mass is 10.00. The molecule has 0 saturated carbocycles. The zero-order valence-corrected chi connectivity index (χ0v) is 11.6. The molecule has 2 aromatic heterocycles. The number of benzene rings is 1. The smallest absolute Gasteiger partial charge is 0.279 e. The maximum absolute atomic E-state index is 11.8.